The quantitative estimate of drug-likeness (QED) is 0.673. The highest BCUT2D eigenvalue weighted by molar-refractivity contribution is 7.89. The van der Waals surface area contributed by atoms with E-state index in [2.05, 4.69) is 0 Å². The molecular formula is C12H15FN2O3S. The van der Waals surface area contributed by atoms with Crippen LogP contribution in [-0.2, 0) is 10.0 Å². The molecule has 5 nitrogen and oxygen atoms in total. The van der Waals surface area contributed by atoms with Gasteiger partial charge in [-0.3, -0.25) is 0 Å². The highest BCUT2D eigenvalue weighted by Gasteiger charge is 2.26. The molecule has 1 aromatic carbocycles. The molecule has 104 valence electrons. The van der Waals surface area contributed by atoms with Gasteiger partial charge in [-0.1, -0.05) is 12.2 Å². The van der Waals surface area contributed by atoms with Crippen LogP contribution in [0.4, 0.5) is 10.1 Å². The summed E-state index contributed by atoms with van der Waals surface area (Å²) in [6.45, 7) is 0.669. The lowest BCUT2D eigenvalue weighted by atomic mass is 10.3. The first-order valence-electron chi connectivity index (χ1n) is 5.75. The highest BCUT2D eigenvalue weighted by Crippen LogP contribution is 2.30. The first-order chi connectivity index (χ1) is 8.96. The molecule has 1 aliphatic rings. The van der Waals surface area contributed by atoms with Crippen molar-refractivity contribution in [2.24, 2.45) is 0 Å². The average molecular weight is 286 g/mol. The fraction of sp³-hybridized carbons (Fsp3) is 0.333. The normalized spacial score (nSPS) is 16.5. The summed E-state index contributed by atoms with van der Waals surface area (Å²) >= 11 is 0. The number of anilines is 1. The zero-order valence-electron chi connectivity index (χ0n) is 10.5. The van der Waals surface area contributed by atoms with E-state index in [9.17, 15) is 12.8 Å². The van der Waals surface area contributed by atoms with Crippen LogP contribution in [0.1, 0.15) is 6.42 Å². The monoisotopic (exact) mass is 286 g/mol. The molecule has 0 bridgehead atoms. The molecular weight excluding hydrogens is 271 g/mol. The molecule has 7 heteroatoms. The maximum atomic E-state index is 13.7. The van der Waals surface area contributed by atoms with E-state index < -0.39 is 15.8 Å². The van der Waals surface area contributed by atoms with Gasteiger partial charge < -0.3 is 10.5 Å². The Morgan fingerprint density at radius 3 is 2.63 bits per heavy atom. The molecule has 0 saturated heterocycles. The summed E-state index contributed by atoms with van der Waals surface area (Å²) in [5, 5.41) is 0. The summed E-state index contributed by atoms with van der Waals surface area (Å²) in [5.41, 5.74) is 5.56. The van der Waals surface area contributed by atoms with Gasteiger partial charge in [0.05, 0.1) is 17.7 Å². The predicted octanol–water partition coefficient (Wildman–Crippen LogP) is 1.37. The molecule has 2 rings (SSSR count). The van der Waals surface area contributed by atoms with Gasteiger partial charge in [-0.2, -0.15) is 4.31 Å². The van der Waals surface area contributed by atoms with Crippen molar-refractivity contribution in [3.05, 3.63) is 30.1 Å². The average Bonchev–Trinajstić information content (AvgIpc) is 2.39. The summed E-state index contributed by atoms with van der Waals surface area (Å²) in [4.78, 5) is -0.154. The highest BCUT2D eigenvalue weighted by atomic mass is 32.2. The van der Waals surface area contributed by atoms with E-state index >= 15 is 0 Å². The molecule has 0 radical (unpaired) electrons. The molecule has 1 aliphatic heterocycles. The van der Waals surface area contributed by atoms with Crippen LogP contribution < -0.4 is 10.5 Å². The summed E-state index contributed by atoms with van der Waals surface area (Å²) < 4.78 is 44.4. The number of halogens is 1. The smallest absolute Gasteiger partial charge is 0.243 e. The maximum absolute atomic E-state index is 13.7. The van der Waals surface area contributed by atoms with Crippen LogP contribution in [0.5, 0.6) is 5.75 Å². The van der Waals surface area contributed by atoms with Gasteiger partial charge in [0.2, 0.25) is 10.0 Å². The van der Waals surface area contributed by atoms with Gasteiger partial charge in [-0.05, 0) is 18.6 Å². The van der Waals surface area contributed by atoms with Crippen molar-refractivity contribution in [2.75, 3.05) is 25.9 Å². The van der Waals surface area contributed by atoms with E-state index in [1.165, 1.54) is 17.5 Å². The van der Waals surface area contributed by atoms with E-state index in [-0.39, 0.29) is 22.9 Å². The van der Waals surface area contributed by atoms with Crippen molar-refractivity contribution in [2.45, 2.75) is 11.3 Å². The molecule has 1 aromatic rings. The summed E-state index contributed by atoms with van der Waals surface area (Å²) in [5.74, 6) is -0.925. The standard InChI is InChI=1S/C12H15FN2O3S/c1-18-12-10(13)7-9(8-11(12)14)19(16,17)15-5-3-2-4-6-15/h2-3,7-8H,4-6,14H2,1H3. The maximum Gasteiger partial charge on any atom is 0.243 e. The van der Waals surface area contributed by atoms with Crippen molar-refractivity contribution >= 4 is 15.7 Å². The Hall–Kier alpha value is -1.60. The minimum absolute atomic E-state index is 0.0337. The van der Waals surface area contributed by atoms with Gasteiger partial charge in [0, 0.05) is 13.1 Å². The molecule has 1 heterocycles. The lowest BCUT2D eigenvalue weighted by molar-refractivity contribution is 0.387. The van der Waals surface area contributed by atoms with E-state index in [1.807, 2.05) is 6.08 Å². The number of ether oxygens (including phenoxy) is 1. The van der Waals surface area contributed by atoms with E-state index in [1.54, 1.807) is 6.08 Å². The Morgan fingerprint density at radius 2 is 2.11 bits per heavy atom. The zero-order chi connectivity index (χ0) is 14.0. The fourth-order valence-corrected chi connectivity index (χ4v) is 3.39. The Morgan fingerprint density at radius 1 is 1.37 bits per heavy atom. The molecule has 0 spiro atoms. The molecule has 0 saturated carbocycles. The van der Waals surface area contributed by atoms with Crippen LogP contribution in [0.2, 0.25) is 0 Å². The minimum Gasteiger partial charge on any atom is -0.492 e. The lowest BCUT2D eigenvalue weighted by Crippen LogP contribution is -2.33. The molecule has 0 aromatic heterocycles. The molecule has 0 atom stereocenters. The Kier molecular flexibility index (Phi) is 3.77. The van der Waals surface area contributed by atoms with Crippen LogP contribution in [-0.4, -0.2) is 32.9 Å². The van der Waals surface area contributed by atoms with Gasteiger partial charge in [0.1, 0.15) is 0 Å². The van der Waals surface area contributed by atoms with Crippen molar-refractivity contribution in [3.8, 4) is 5.75 Å². The third kappa shape index (κ3) is 2.57. The molecule has 0 aliphatic carbocycles. The SMILES string of the molecule is COc1c(N)cc(S(=O)(=O)N2CC=CCC2)cc1F. The topological polar surface area (TPSA) is 72.6 Å². The van der Waals surface area contributed by atoms with Gasteiger partial charge >= 0.3 is 0 Å². The van der Waals surface area contributed by atoms with Crippen LogP contribution in [0.15, 0.2) is 29.2 Å². The first-order valence-corrected chi connectivity index (χ1v) is 7.19. The number of nitrogen functional groups attached to an aromatic ring is 1. The Balaban J connectivity index is 2.44. The fourth-order valence-electron chi connectivity index (χ4n) is 1.94. The second-order valence-electron chi connectivity index (χ2n) is 4.15. The predicted molar refractivity (Wildman–Crippen MR) is 69.9 cm³/mol. The Labute approximate surface area is 111 Å². The molecule has 0 unspecified atom stereocenters. The van der Waals surface area contributed by atoms with Gasteiger partial charge in [0.15, 0.2) is 11.6 Å². The van der Waals surface area contributed by atoms with E-state index in [0.717, 1.165) is 6.07 Å². The van der Waals surface area contributed by atoms with Gasteiger partial charge in [0.25, 0.3) is 0 Å². The molecule has 0 amide bonds. The third-order valence-corrected chi connectivity index (χ3v) is 4.75. The van der Waals surface area contributed by atoms with Crippen LogP contribution >= 0.6 is 0 Å². The molecule has 2 N–H and O–H groups in total. The number of methoxy groups -OCH3 is 1. The Bertz CT molecular complexity index is 590. The van der Waals surface area contributed by atoms with Crippen molar-refractivity contribution < 1.29 is 17.5 Å². The third-order valence-electron chi connectivity index (χ3n) is 2.91. The van der Waals surface area contributed by atoms with Crippen LogP contribution in [0.3, 0.4) is 0 Å². The van der Waals surface area contributed by atoms with Gasteiger partial charge in [-0.15, -0.1) is 0 Å². The summed E-state index contributed by atoms with van der Waals surface area (Å²) in [6, 6.07) is 2.15. The molecule has 0 fully saturated rings. The number of hydrogen-bond acceptors (Lipinski definition) is 4. The van der Waals surface area contributed by atoms with E-state index in [4.69, 9.17) is 10.5 Å². The second kappa shape index (κ2) is 5.18. The number of nitrogens with two attached hydrogens (primary N) is 1. The number of sulfonamides is 1. The summed E-state index contributed by atoms with van der Waals surface area (Å²) in [7, 11) is -2.45. The first kappa shape index (κ1) is 13.8. The number of rotatable bonds is 3. The largest absolute Gasteiger partial charge is 0.492 e. The van der Waals surface area contributed by atoms with Crippen molar-refractivity contribution in [1.82, 2.24) is 4.31 Å². The van der Waals surface area contributed by atoms with Crippen LogP contribution in [0.25, 0.3) is 0 Å². The number of benzene rings is 1. The van der Waals surface area contributed by atoms with E-state index in [0.29, 0.717) is 13.0 Å². The van der Waals surface area contributed by atoms with Crippen LogP contribution in [0, 0.1) is 5.82 Å². The second-order valence-corrected chi connectivity index (χ2v) is 6.09. The number of nitrogens with zero attached hydrogens (tertiary/aromatic N) is 1. The molecule has 19 heavy (non-hydrogen) atoms. The van der Waals surface area contributed by atoms with Crippen molar-refractivity contribution in [3.63, 3.8) is 0 Å². The lowest BCUT2D eigenvalue weighted by Gasteiger charge is -2.23. The number of hydrogen-bond donors (Lipinski definition) is 1. The van der Waals surface area contributed by atoms with Crippen molar-refractivity contribution in [1.29, 1.82) is 0 Å². The zero-order valence-corrected chi connectivity index (χ0v) is 11.3. The van der Waals surface area contributed by atoms with Gasteiger partial charge in [-0.25, -0.2) is 12.8 Å². The minimum atomic E-state index is -3.73. The summed E-state index contributed by atoms with van der Waals surface area (Å²) in [6.07, 6.45) is 4.33.